The summed E-state index contributed by atoms with van der Waals surface area (Å²) in [6.45, 7) is 4.31. The monoisotopic (exact) mass is 457 g/mol. The van der Waals surface area contributed by atoms with E-state index in [1.807, 2.05) is 79.3 Å². The van der Waals surface area contributed by atoms with Gasteiger partial charge in [0.05, 0.1) is 6.54 Å². The van der Waals surface area contributed by atoms with Gasteiger partial charge in [-0.15, -0.1) is 0 Å². The number of hydrogen-bond donors (Lipinski definition) is 2. The highest BCUT2D eigenvalue weighted by Gasteiger charge is 2.25. The number of hydrogen-bond acceptors (Lipinski definition) is 4. The summed E-state index contributed by atoms with van der Waals surface area (Å²) in [5.74, 6) is -0.408. The van der Waals surface area contributed by atoms with E-state index in [0.29, 0.717) is 12.0 Å². The van der Waals surface area contributed by atoms with Crippen molar-refractivity contribution >= 4 is 17.4 Å². The Labute approximate surface area is 196 Å². The third-order valence-electron chi connectivity index (χ3n) is 5.70. The van der Waals surface area contributed by atoms with Crippen LogP contribution < -0.4 is 21.9 Å². The molecule has 3 N–H and O–H groups in total. The second-order valence-electron chi connectivity index (χ2n) is 8.11. The van der Waals surface area contributed by atoms with Crippen LogP contribution in [0.3, 0.4) is 0 Å². The molecule has 0 bridgehead atoms. The highest BCUT2D eigenvalue weighted by Crippen LogP contribution is 2.23. The van der Waals surface area contributed by atoms with Gasteiger partial charge in [0.15, 0.2) is 5.69 Å². The Morgan fingerprint density at radius 2 is 1.74 bits per heavy atom. The number of aryl methyl sites for hydroxylation is 1. The molecule has 34 heavy (non-hydrogen) atoms. The van der Waals surface area contributed by atoms with Gasteiger partial charge in [-0.3, -0.25) is 19.1 Å². The maximum atomic E-state index is 13.6. The van der Waals surface area contributed by atoms with Gasteiger partial charge in [-0.25, -0.2) is 4.79 Å². The van der Waals surface area contributed by atoms with Crippen molar-refractivity contribution in [1.82, 2.24) is 14.1 Å². The number of nitrogens with two attached hydrogens (primary N) is 1. The van der Waals surface area contributed by atoms with E-state index < -0.39 is 11.2 Å². The Morgan fingerprint density at radius 1 is 1.03 bits per heavy atom. The lowest BCUT2D eigenvalue weighted by Gasteiger charge is -2.24. The van der Waals surface area contributed by atoms with E-state index in [4.69, 9.17) is 5.73 Å². The minimum atomic E-state index is -0.689. The topological polar surface area (TPSA) is 106 Å². The molecule has 0 radical (unpaired) electrons. The number of aromatic nitrogens is 3. The molecule has 0 saturated heterocycles. The molecule has 0 atom stereocenters. The zero-order valence-corrected chi connectivity index (χ0v) is 19.2. The van der Waals surface area contributed by atoms with Crippen LogP contribution in [0.1, 0.15) is 34.8 Å². The molecular formula is C26H27N5O3. The fourth-order valence-electron chi connectivity index (χ4n) is 3.97. The molecule has 4 rings (SSSR count). The first kappa shape index (κ1) is 22.8. The molecule has 0 unspecified atom stereocenters. The standard InChI is InChI=1S/C26H27N5O3/c1-3-13-30(25(33)20-12-11-18(2)21(16-20)29-14-7-8-15-29)22-23(27)31(26(34)28-24(22)32)17-19-9-5-4-6-10-19/h4-12,14-16H,3,13,17,27H2,1-2H3,(H,28,32,34). The molecule has 0 spiro atoms. The Hall–Kier alpha value is -4.33. The number of nitrogens with zero attached hydrogens (tertiary/aromatic N) is 3. The molecule has 2 aromatic carbocycles. The van der Waals surface area contributed by atoms with Gasteiger partial charge in [0.1, 0.15) is 5.82 Å². The van der Waals surface area contributed by atoms with Crippen LogP contribution >= 0.6 is 0 Å². The van der Waals surface area contributed by atoms with Crippen LogP contribution in [0.2, 0.25) is 0 Å². The molecule has 0 aliphatic carbocycles. The first-order chi connectivity index (χ1) is 16.4. The summed E-state index contributed by atoms with van der Waals surface area (Å²) in [6, 6.07) is 18.5. The van der Waals surface area contributed by atoms with Gasteiger partial charge in [0.25, 0.3) is 11.5 Å². The summed E-state index contributed by atoms with van der Waals surface area (Å²) < 4.78 is 3.21. The molecule has 8 heteroatoms. The summed E-state index contributed by atoms with van der Waals surface area (Å²) in [5.41, 5.74) is 8.15. The van der Waals surface area contributed by atoms with Crippen LogP contribution in [-0.4, -0.2) is 26.6 Å². The number of rotatable bonds is 7. The van der Waals surface area contributed by atoms with Crippen LogP contribution in [0.5, 0.6) is 0 Å². The lowest BCUT2D eigenvalue weighted by Crippen LogP contribution is -2.41. The molecule has 0 aliphatic heterocycles. The fourth-order valence-corrected chi connectivity index (χ4v) is 3.97. The molecule has 0 saturated carbocycles. The average molecular weight is 458 g/mol. The zero-order chi connectivity index (χ0) is 24.2. The Balaban J connectivity index is 1.79. The van der Waals surface area contributed by atoms with Gasteiger partial charge in [-0.05, 0) is 48.7 Å². The first-order valence-electron chi connectivity index (χ1n) is 11.1. The summed E-state index contributed by atoms with van der Waals surface area (Å²) in [4.78, 5) is 42.8. The lowest BCUT2D eigenvalue weighted by atomic mass is 10.1. The van der Waals surface area contributed by atoms with Crippen molar-refractivity contribution in [1.29, 1.82) is 0 Å². The maximum absolute atomic E-state index is 13.6. The minimum Gasteiger partial charge on any atom is -0.383 e. The number of H-pyrrole nitrogens is 1. The number of amides is 1. The number of benzene rings is 2. The van der Waals surface area contributed by atoms with Crippen molar-refractivity contribution < 1.29 is 4.79 Å². The average Bonchev–Trinajstić information content (AvgIpc) is 3.36. The summed E-state index contributed by atoms with van der Waals surface area (Å²) in [6.07, 6.45) is 4.41. The summed E-state index contributed by atoms with van der Waals surface area (Å²) >= 11 is 0. The molecule has 0 fully saturated rings. The van der Waals surface area contributed by atoms with Crippen molar-refractivity contribution in [2.45, 2.75) is 26.8 Å². The minimum absolute atomic E-state index is 0.0227. The van der Waals surface area contributed by atoms with E-state index >= 15 is 0 Å². The zero-order valence-electron chi connectivity index (χ0n) is 19.2. The van der Waals surface area contributed by atoms with E-state index in [-0.39, 0.29) is 30.5 Å². The van der Waals surface area contributed by atoms with Gasteiger partial charge < -0.3 is 15.2 Å². The predicted octanol–water partition coefficient (Wildman–Crippen LogP) is 3.32. The molecular weight excluding hydrogens is 430 g/mol. The summed E-state index contributed by atoms with van der Waals surface area (Å²) in [5, 5.41) is 0. The SMILES string of the molecule is CCCN(C(=O)c1ccc(C)c(-n2cccc2)c1)c1c(N)n(Cc2ccccc2)c(=O)[nH]c1=O. The summed E-state index contributed by atoms with van der Waals surface area (Å²) in [7, 11) is 0. The number of anilines is 2. The quantitative estimate of drug-likeness (QED) is 0.444. The molecule has 174 valence electrons. The van der Waals surface area contributed by atoms with Crippen LogP contribution in [0.25, 0.3) is 5.69 Å². The first-order valence-corrected chi connectivity index (χ1v) is 11.1. The van der Waals surface area contributed by atoms with Gasteiger partial charge in [0.2, 0.25) is 0 Å². The van der Waals surface area contributed by atoms with Crippen LogP contribution in [-0.2, 0) is 6.54 Å². The number of nitrogens with one attached hydrogen (secondary N) is 1. The second-order valence-corrected chi connectivity index (χ2v) is 8.11. The van der Waals surface area contributed by atoms with Crippen molar-refractivity contribution in [3.63, 3.8) is 0 Å². The van der Waals surface area contributed by atoms with E-state index in [2.05, 4.69) is 4.98 Å². The van der Waals surface area contributed by atoms with Crippen LogP contribution in [0.15, 0.2) is 82.6 Å². The van der Waals surface area contributed by atoms with Gasteiger partial charge in [-0.1, -0.05) is 43.3 Å². The van der Waals surface area contributed by atoms with E-state index in [1.165, 1.54) is 9.47 Å². The van der Waals surface area contributed by atoms with E-state index in [0.717, 1.165) is 16.8 Å². The van der Waals surface area contributed by atoms with Gasteiger partial charge in [0, 0.05) is 30.2 Å². The lowest BCUT2D eigenvalue weighted by molar-refractivity contribution is 0.0986. The highest BCUT2D eigenvalue weighted by atomic mass is 16.2. The molecule has 1 amide bonds. The van der Waals surface area contributed by atoms with Crippen molar-refractivity contribution in [3.05, 3.63) is 111 Å². The van der Waals surface area contributed by atoms with Crippen LogP contribution in [0.4, 0.5) is 11.5 Å². The fraction of sp³-hybridized carbons (Fsp3) is 0.192. The third kappa shape index (κ3) is 4.43. The smallest absolute Gasteiger partial charge is 0.330 e. The van der Waals surface area contributed by atoms with Gasteiger partial charge >= 0.3 is 5.69 Å². The largest absolute Gasteiger partial charge is 0.383 e. The Kier molecular flexibility index (Phi) is 6.49. The Morgan fingerprint density at radius 3 is 2.41 bits per heavy atom. The Bertz CT molecular complexity index is 1420. The van der Waals surface area contributed by atoms with Gasteiger partial charge in [-0.2, -0.15) is 0 Å². The molecule has 0 aliphatic rings. The highest BCUT2D eigenvalue weighted by molar-refractivity contribution is 6.07. The number of aromatic amines is 1. The third-order valence-corrected chi connectivity index (χ3v) is 5.70. The molecule has 4 aromatic rings. The molecule has 2 aromatic heterocycles. The second kappa shape index (κ2) is 9.66. The van der Waals surface area contributed by atoms with Crippen LogP contribution in [0, 0.1) is 6.92 Å². The van der Waals surface area contributed by atoms with E-state index in [1.54, 1.807) is 12.1 Å². The molecule has 8 nitrogen and oxygen atoms in total. The normalized spacial score (nSPS) is 10.9. The predicted molar refractivity (Wildman–Crippen MR) is 134 cm³/mol. The maximum Gasteiger partial charge on any atom is 0.330 e. The molecule has 2 heterocycles. The number of carbonyl (C=O) groups is 1. The van der Waals surface area contributed by atoms with Crippen molar-refractivity contribution in [2.75, 3.05) is 17.2 Å². The number of carbonyl (C=O) groups excluding carboxylic acids is 1. The van der Waals surface area contributed by atoms with E-state index in [9.17, 15) is 14.4 Å². The van der Waals surface area contributed by atoms with Crippen molar-refractivity contribution in [3.8, 4) is 5.69 Å². The van der Waals surface area contributed by atoms with Crippen molar-refractivity contribution in [2.24, 2.45) is 0 Å². The number of nitrogen functional groups attached to an aromatic ring is 1.